The Morgan fingerprint density at radius 3 is 2.41 bits per heavy atom. The monoisotopic (exact) mass is 360 g/mol. The van der Waals surface area contributed by atoms with E-state index in [0.717, 1.165) is 45.4 Å². The number of nitrogens with one attached hydrogen (secondary N) is 2. The van der Waals surface area contributed by atoms with Gasteiger partial charge in [-0.05, 0) is 68.8 Å². The summed E-state index contributed by atoms with van der Waals surface area (Å²) < 4.78 is 1.08. The first-order chi connectivity index (χ1) is 10.5. The number of carbonyl (C=O) groups excluding carboxylic acids is 1. The third-order valence-corrected chi connectivity index (χ3v) is 4.85. The molecule has 0 saturated carbocycles. The first-order valence-corrected chi connectivity index (χ1v) is 8.13. The van der Waals surface area contributed by atoms with Gasteiger partial charge in [-0.2, -0.15) is 0 Å². The molecule has 0 heterocycles. The van der Waals surface area contributed by atoms with Gasteiger partial charge < -0.3 is 10.6 Å². The van der Waals surface area contributed by atoms with E-state index in [1.807, 2.05) is 57.3 Å². The Hall–Kier alpha value is -1.65. The molecule has 1 amide bonds. The van der Waals surface area contributed by atoms with Crippen LogP contribution in [0.25, 0.3) is 0 Å². The van der Waals surface area contributed by atoms with Gasteiger partial charge in [-0.3, -0.25) is 4.79 Å². The quantitative estimate of drug-likeness (QED) is 0.843. The van der Waals surface area contributed by atoms with E-state index in [1.54, 1.807) is 0 Å². The molecule has 2 N–H and O–H groups in total. The first kappa shape index (κ1) is 16.7. The van der Waals surface area contributed by atoms with Gasteiger partial charge in [0.15, 0.2) is 0 Å². The summed E-state index contributed by atoms with van der Waals surface area (Å²) in [5.74, 6) is -0.0622. The lowest BCUT2D eigenvalue weighted by atomic mass is 10.0. The molecule has 2 aromatic rings. The van der Waals surface area contributed by atoms with Crippen LogP contribution in [-0.2, 0) is 6.42 Å². The standard InChI is InChI=1S/C18H21BrN2O/c1-12-10-15(11-13(2)17(12)19)21-18(22)16-7-5-4-6-14(16)8-9-20-3/h4-7,10-11,20H,8-9H2,1-3H3,(H,21,22). The molecular formula is C18H21BrN2O. The summed E-state index contributed by atoms with van der Waals surface area (Å²) in [4.78, 5) is 12.6. The van der Waals surface area contributed by atoms with Crippen LogP contribution in [0.4, 0.5) is 5.69 Å². The molecule has 0 spiro atoms. The molecule has 2 aromatic carbocycles. The average molecular weight is 361 g/mol. The second-order valence-electron chi connectivity index (χ2n) is 5.39. The fourth-order valence-electron chi connectivity index (χ4n) is 2.44. The maximum Gasteiger partial charge on any atom is 0.255 e. The molecule has 22 heavy (non-hydrogen) atoms. The molecule has 0 radical (unpaired) electrons. The number of carbonyl (C=O) groups is 1. The van der Waals surface area contributed by atoms with Crippen molar-refractivity contribution in [1.82, 2.24) is 5.32 Å². The predicted octanol–water partition coefficient (Wildman–Crippen LogP) is 4.08. The lowest BCUT2D eigenvalue weighted by Crippen LogP contribution is -2.17. The van der Waals surface area contributed by atoms with Crippen LogP contribution in [0, 0.1) is 13.8 Å². The number of amides is 1. The van der Waals surface area contributed by atoms with E-state index >= 15 is 0 Å². The smallest absolute Gasteiger partial charge is 0.255 e. The van der Waals surface area contributed by atoms with Gasteiger partial charge in [-0.1, -0.05) is 34.1 Å². The van der Waals surface area contributed by atoms with Crippen molar-refractivity contribution < 1.29 is 4.79 Å². The molecule has 4 heteroatoms. The average Bonchev–Trinajstić information content (AvgIpc) is 2.50. The Labute approximate surface area is 140 Å². The van der Waals surface area contributed by atoms with E-state index in [9.17, 15) is 4.79 Å². The van der Waals surface area contributed by atoms with Crippen LogP contribution in [0.5, 0.6) is 0 Å². The third kappa shape index (κ3) is 3.96. The van der Waals surface area contributed by atoms with E-state index in [4.69, 9.17) is 0 Å². The van der Waals surface area contributed by atoms with Gasteiger partial charge in [0.2, 0.25) is 0 Å². The molecule has 116 valence electrons. The van der Waals surface area contributed by atoms with Crippen LogP contribution < -0.4 is 10.6 Å². The number of hydrogen-bond donors (Lipinski definition) is 2. The summed E-state index contributed by atoms with van der Waals surface area (Å²) in [6, 6.07) is 11.7. The minimum Gasteiger partial charge on any atom is -0.322 e. The van der Waals surface area contributed by atoms with Gasteiger partial charge in [0.1, 0.15) is 0 Å². The molecule has 0 aliphatic heterocycles. The number of likely N-dealkylation sites (N-methyl/N-ethyl adjacent to an activating group) is 1. The van der Waals surface area contributed by atoms with Crippen molar-refractivity contribution in [2.24, 2.45) is 0 Å². The van der Waals surface area contributed by atoms with Crippen molar-refractivity contribution in [2.75, 3.05) is 18.9 Å². The zero-order valence-corrected chi connectivity index (χ0v) is 14.8. The van der Waals surface area contributed by atoms with Gasteiger partial charge >= 0.3 is 0 Å². The van der Waals surface area contributed by atoms with Gasteiger partial charge in [-0.15, -0.1) is 0 Å². The molecule has 2 rings (SSSR count). The molecule has 3 nitrogen and oxygen atoms in total. The van der Waals surface area contributed by atoms with Crippen molar-refractivity contribution >= 4 is 27.5 Å². The lowest BCUT2D eigenvalue weighted by molar-refractivity contribution is 0.102. The van der Waals surface area contributed by atoms with E-state index in [1.165, 1.54) is 0 Å². The van der Waals surface area contributed by atoms with Crippen LogP contribution in [0.2, 0.25) is 0 Å². The Kier molecular flexibility index (Phi) is 5.75. The molecule has 0 fully saturated rings. The summed E-state index contributed by atoms with van der Waals surface area (Å²) in [6.07, 6.45) is 0.832. The highest BCUT2D eigenvalue weighted by Crippen LogP contribution is 2.25. The topological polar surface area (TPSA) is 41.1 Å². The molecule has 0 aliphatic carbocycles. The second kappa shape index (κ2) is 7.56. The summed E-state index contributed by atoms with van der Waals surface area (Å²) >= 11 is 3.54. The van der Waals surface area contributed by atoms with Gasteiger partial charge in [-0.25, -0.2) is 0 Å². The first-order valence-electron chi connectivity index (χ1n) is 7.33. The maximum absolute atomic E-state index is 12.6. The van der Waals surface area contributed by atoms with Crippen LogP contribution in [0.3, 0.4) is 0 Å². The predicted molar refractivity (Wildman–Crippen MR) is 95.6 cm³/mol. The summed E-state index contributed by atoms with van der Waals surface area (Å²) in [6.45, 7) is 4.89. The van der Waals surface area contributed by atoms with Crippen molar-refractivity contribution in [3.05, 3.63) is 63.1 Å². The molecule has 0 atom stereocenters. The highest BCUT2D eigenvalue weighted by molar-refractivity contribution is 9.10. The minimum absolute atomic E-state index is 0.0622. The normalized spacial score (nSPS) is 10.5. The van der Waals surface area contributed by atoms with E-state index in [-0.39, 0.29) is 5.91 Å². The Morgan fingerprint density at radius 1 is 1.14 bits per heavy atom. The molecule has 0 aliphatic rings. The molecule has 0 saturated heterocycles. The van der Waals surface area contributed by atoms with Gasteiger partial charge in [0.05, 0.1) is 0 Å². The molecule has 0 aromatic heterocycles. The van der Waals surface area contributed by atoms with Crippen molar-refractivity contribution in [3.8, 4) is 0 Å². The largest absolute Gasteiger partial charge is 0.322 e. The Morgan fingerprint density at radius 2 is 1.77 bits per heavy atom. The lowest BCUT2D eigenvalue weighted by Gasteiger charge is -2.12. The summed E-state index contributed by atoms with van der Waals surface area (Å²) in [7, 11) is 1.91. The molecular weight excluding hydrogens is 340 g/mol. The van der Waals surface area contributed by atoms with Crippen LogP contribution in [-0.4, -0.2) is 19.5 Å². The highest BCUT2D eigenvalue weighted by atomic mass is 79.9. The fourth-order valence-corrected chi connectivity index (χ4v) is 2.66. The van der Waals surface area contributed by atoms with Gasteiger partial charge in [0.25, 0.3) is 5.91 Å². The third-order valence-electron chi connectivity index (χ3n) is 3.60. The van der Waals surface area contributed by atoms with Crippen molar-refractivity contribution in [1.29, 1.82) is 0 Å². The fraction of sp³-hybridized carbons (Fsp3) is 0.278. The van der Waals surface area contributed by atoms with Crippen molar-refractivity contribution in [3.63, 3.8) is 0 Å². The van der Waals surface area contributed by atoms with Crippen LogP contribution >= 0.6 is 15.9 Å². The van der Waals surface area contributed by atoms with E-state index in [0.29, 0.717) is 0 Å². The number of halogens is 1. The second-order valence-corrected chi connectivity index (χ2v) is 6.18. The zero-order valence-electron chi connectivity index (χ0n) is 13.2. The SMILES string of the molecule is CNCCc1ccccc1C(=O)Nc1cc(C)c(Br)c(C)c1. The minimum atomic E-state index is -0.0622. The zero-order chi connectivity index (χ0) is 16.1. The number of benzene rings is 2. The summed E-state index contributed by atoms with van der Waals surface area (Å²) in [5.41, 5.74) is 4.83. The molecule has 0 bridgehead atoms. The van der Waals surface area contributed by atoms with E-state index in [2.05, 4.69) is 26.6 Å². The number of aryl methyl sites for hydroxylation is 2. The van der Waals surface area contributed by atoms with E-state index < -0.39 is 0 Å². The highest BCUT2D eigenvalue weighted by Gasteiger charge is 2.12. The number of hydrogen-bond acceptors (Lipinski definition) is 2. The maximum atomic E-state index is 12.6. The van der Waals surface area contributed by atoms with Crippen LogP contribution in [0.1, 0.15) is 27.0 Å². The van der Waals surface area contributed by atoms with Crippen molar-refractivity contribution in [2.45, 2.75) is 20.3 Å². The Balaban J connectivity index is 2.22. The number of rotatable bonds is 5. The van der Waals surface area contributed by atoms with Gasteiger partial charge in [0, 0.05) is 15.7 Å². The van der Waals surface area contributed by atoms with Crippen LogP contribution in [0.15, 0.2) is 40.9 Å². The Bertz CT molecular complexity index is 660. The summed E-state index contributed by atoms with van der Waals surface area (Å²) in [5, 5.41) is 6.12. The molecule has 0 unspecified atom stereocenters. The number of anilines is 1.